The van der Waals surface area contributed by atoms with Gasteiger partial charge in [0.15, 0.2) is 5.78 Å². The third kappa shape index (κ3) is 14.0. The largest absolute Gasteiger partial charge is 0.456 e. The molecule has 0 saturated carbocycles. The van der Waals surface area contributed by atoms with Crippen LogP contribution in [0.3, 0.4) is 0 Å². The fraction of sp³-hybridized carbons (Fsp3) is 0.361. The Kier molecular flexibility index (Phi) is 19.5. The number of unbranched alkanes of at least 4 members (excludes halogenated alkanes) is 2. The first-order valence-corrected chi connectivity index (χ1v) is 26.4. The van der Waals surface area contributed by atoms with Crippen LogP contribution in [0.2, 0.25) is 0 Å². The highest BCUT2D eigenvalue weighted by molar-refractivity contribution is 6.10. The first-order valence-electron chi connectivity index (χ1n) is 26.4. The predicted octanol–water partition coefficient (Wildman–Crippen LogP) is 7.31. The molecule has 1 saturated heterocycles. The third-order valence-electron chi connectivity index (χ3n) is 14.0. The van der Waals surface area contributed by atoms with Gasteiger partial charge in [-0.15, -0.1) is 6.42 Å². The predicted molar refractivity (Wildman–Crippen MR) is 295 cm³/mol. The molecule has 0 unspecified atom stereocenters. The maximum Gasteiger partial charge on any atom is 0.254 e. The standard InChI is InChI=1S/C61H69N7O7/c1-6-34-63-60(73)52(40-43-24-26-45(27-25-43)59(72)44-19-13-11-14-20-44)64-56(70)23-15-12-18-35-62-55(69)32-33-57(71)67-36-38-68(39-37-67)61(74)49-22-17-16-21-48(49)58-50-30-28-46(65(7-2)8-3)41-53(50)75-54-42-47(29-31-51(54)58)66(9-4)10-5/h1,11,13-14,16-17,19-22,24-31,41-42,52H,7-10,12,15,18,23,32-40H2,2-5H3,(H2-,62,63,64,69,70,73)/p+1/t52-/m0/s1. The maximum absolute atomic E-state index is 14.5. The minimum absolute atomic E-state index is 0.0204. The minimum atomic E-state index is -0.864. The fourth-order valence-corrected chi connectivity index (χ4v) is 9.75. The van der Waals surface area contributed by atoms with Gasteiger partial charge in [-0.05, 0) is 75.9 Å². The lowest BCUT2D eigenvalue weighted by molar-refractivity contribution is -0.134. The fourth-order valence-electron chi connectivity index (χ4n) is 9.75. The molecular formula is C61H70N7O7+. The lowest BCUT2D eigenvalue weighted by Gasteiger charge is -2.35. The van der Waals surface area contributed by atoms with Gasteiger partial charge in [0.2, 0.25) is 29.0 Å². The molecule has 4 aromatic carbocycles. The number of carbonyl (C=O) groups excluding carboxylic acids is 6. The molecule has 3 N–H and O–H groups in total. The zero-order valence-corrected chi connectivity index (χ0v) is 43.8. The summed E-state index contributed by atoms with van der Waals surface area (Å²) in [6.45, 7) is 13.8. The van der Waals surface area contributed by atoms with Crippen LogP contribution in [0.25, 0.3) is 33.4 Å². The molecule has 0 bridgehead atoms. The summed E-state index contributed by atoms with van der Waals surface area (Å²) >= 11 is 0. The van der Waals surface area contributed by atoms with Crippen LogP contribution in [0.5, 0.6) is 0 Å². The molecule has 0 radical (unpaired) electrons. The van der Waals surface area contributed by atoms with Gasteiger partial charge in [0.25, 0.3) is 5.91 Å². The Bertz CT molecular complexity index is 3050. The molecule has 390 valence electrons. The molecule has 3 aliphatic rings. The lowest BCUT2D eigenvalue weighted by Crippen LogP contribution is -2.50. The van der Waals surface area contributed by atoms with Crippen molar-refractivity contribution in [3.63, 3.8) is 0 Å². The summed E-state index contributed by atoms with van der Waals surface area (Å²) in [4.78, 5) is 85.2. The van der Waals surface area contributed by atoms with Crippen molar-refractivity contribution in [3.8, 4) is 34.8 Å². The first kappa shape index (κ1) is 54.7. The smallest absolute Gasteiger partial charge is 0.254 e. The van der Waals surface area contributed by atoms with Gasteiger partial charge in [0.1, 0.15) is 30.5 Å². The molecule has 7 rings (SSSR count). The van der Waals surface area contributed by atoms with E-state index < -0.39 is 11.9 Å². The van der Waals surface area contributed by atoms with Gasteiger partial charge in [-0.25, -0.2) is 4.58 Å². The van der Waals surface area contributed by atoms with Gasteiger partial charge in [-0.2, -0.15) is 0 Å². The van der Waals surface area contributed by atoms with Crippen molar-refractivity contribution >= 4 is 52.0 Å². The molecule has 1 aliphatic carbocycles. The number of benzene rings is 5. The number of carbonyl (C=O) groups is 6. The number of nitrogens with one attached hydrogen (secondary N) is 3. The van der Waals surface area contributed by atoms with Crippen LogP contribution >= 0.6 is 0 Å². The van der Waals surface area contributed by atoms with E-state index in [1.165, 1.54) is 0 Å². The summed E-state index contributed by atoms with van der Waals surface area (Å²) < 4.78 is 8.99. The third-order valence-corrected chi connectivity index (χ3v) is 14.0. The molecule has 0 aromatic heterocycles. The quantitative estimate of drug-likeness (QED) is 0.0198. The van der Waals surface area contributed by atoms with Crippen molar-refractivity contribution in [2.45, 2.75) is 78.7 Å². The summed E-state index contributed by atoms with van der Waals surface area (Å²) in [5.74, 6) is 1.85. The van der Waals surface area contributed by atoms with E-state index >= 15 is 0 Å². The van der Waals surface area contributed by atoms with Gasteiger partial charge < -0.3 is 35.1 Å². The van der Waals surface area contributed by atoms with E-state index in [4.69, 9.17) is 10.8 Å². The topological polar surface area (TPSA) is 164 Å². The number of anilines is 1. The van der Waals surface area contributed by atoms with Gasteiger partial charge in [0, 0.05) is 123 Å². The zero-order chi connectivity index (χ0) is 53.3. The van der Waals surface area contributed by atoms with Crippen LogP contribution in [0.15, 0.2) is 120 Å². The van der Waals surface area contributed by atoms with Gasteiger partial charge in [-0.3, -0.25) is 28.8 Å². The maximum atomic E-state index is 14.5. The number of amides is 5. The normalized spacial score (nSPS) is 12.7. The lowest BCUT2D eigenvalue weighted by atomic mass is 9.90. The summed E-state index contributed by atoms with van der Waals surface area (Å²) in [5, 5.41) is 10.4. The Balaban J connectivity index is 0.872. The summed E-state index contributed by atoms with van der Waals surface area (Å²) in [6.07, 6.45) is 7.69. The Morgan fingerprint density at radius 3 is 2.09 bits per heavy atom. The highest BCUT2D eigenvalue weighted by atomic mass is 16.3. The first-order chi connectivity index (χ1) is 36.5. The van der Waals surface area contributed by atoms with Crippen molar-refractivity contribution in [1.82, 2.24) is 30.3 Å². The summed E-state index contributed by atoms with van der Waals surface area (Å²) in [7, 11) is 0. The van der Waals surface area contributed by atoms with Crippen molar-refractivity contribution in [2.24, 2.45) is 0 Å². The second kappa shape index (κ2) is 26.8. The monoisotopic (exact) mass is 1010 g/mol. The SMILES string of the molecule is C#CCNC(=O)[C@H](Cc1ccc(C(=O)c2ccccc2)cc1)NC(=O)CCCCCNC(=O)CCC(=O)N1CCN(C(=O)c2ccccc2-c2c3ccc(=[N+](CC)CC)cc-3oc3cc(N(CC)CC)ccc23)CC1. The number of hydrogen-bond donors (Lipinski definition) is 3. The van der Waals surface area contributed by atoms with E-state index in [9.17, 15) is 28.8 Å². The second-order valence-corrected chi connectivity index (χ2v) is 18.7. The van der Waals surface area contributed by atoms with E-state index in [2.05, 4.69) is 95.4 Å². The van der Waals surface area contributed by atoms with Crippen LogP contribution in [0, 0.1) is 12.3 Å². The molecule has 0 spiro atoms. The average Bonchev–Trinajstić information content (AvgIpc) is 3.45. The van der Waals surface area contributed by atoms with Crippen molar-refractivity contribution in [3.05, 3.63) is 143 Å². The van der Waals surface area contributed by atoms with E-state index in [1.54, 1.807) is 53.4 Å². The zero-order valence-electron chi connectivity index (χ0n) is 43.8. The number of piperazine rings is 1. The number of nitrogens with zero attached hydrogens (tertiary/aromatic N) is 4. The minimum Gasteiger partial charge on any atom is -0.456 e. The highest BCUT2D eigenvalue weighted by Crippen LogP contribution is 2.42. The Morgan fingerprint density at radius 2 is 1.39 bits per heavy atom. The molecule has 4 aromatic rings. The summed E-state index contributed by atoms with van der Waals surface area (Å²) in [5.41, 5.74) is 6.92. The molecule has 1 atom stereocenters. The van der Waals surface area contributed by atoms with E-state index in [0.29, 0.717) is 68.7 Å². The Morgan fingerprint density at radius 1 is 0.693 bits per heavy atom. The van der Waals surface area contributed by atoms with Crippen LogP contribution < -0.4 is 30.8 Å². The molecule has 14 heteroatoms. The Labute approximate surface area is 440 Å². The molecule has 5 amide bonds. The summed E-state index contributed by atoms with van der Waals surface area (Å²) in [6, 6.07) is 35.4. The molecule has 75 heavy (non-hydrogen) atoms. The van der Waals surface area contributed by atoms with E-state index in [-0.39, 0.29) is 61.6 Å². The number of terminal acetylenes is 1. The highest BCUT2D eigenvalue weighted by Gasteiger charge is 2.29. The van der Waals surface area contributed by atoms with Gasteiger partial charge >= 0.3 is 0 Å². The molecule has 14 nitrogen and oxygen atoms in total. The van der Waals surface area contributed by atoms with Crippen LogP contribution in [0.1, 0.15) is 98.1 Å². The van der Waals surface area contributed by atoms with Crippen LogP contribution in [0.4, 0.5) is 5.69 Å². The number of fused-ring (bicyclic) bond motifs is 2. The van der Waals surface area contributed by atoms with Crippen LogP contribution in [-0.2, 0) is 25.6 Å². The van der Waals surface area contributed by atoms with Gasteiger partial charge in [-0.1, -0.05) is 85.1 Å². The second-order valence-electron chi connectivity index (χ2n) is 18.7. The van der Waals surface area contributed by atoms with Crippen LogP contribution in [-0.4, -0.2) is 117 Å². The number of rotatable bonds is 23. The number of hydrogen-bond acceptors (Lipinski definition) is 8. The Hall–Kier alpha value is -8.05. The molecule has 2 heterocycles. The van der Waals surface area contributed by atoms with Crippen molar-refractivity contribution in [1.29, 1.82) is 0 Å². The van der Waals surface area contributed by atoms with Gasteiger partial charge in [0.05, 0.1) is 12.6 Å². The van der Waals surface area contributed by atoms with Crippen molar-refractivity contribution < 1.29 is 33.2 Å². The molecule has 2 aliphatic heterocycles. The van der Waals surface area contributed by atoms with Crippen molar-refractivity contribution in [2.75, 3.05) is 70.3 Å². The van der Waals surface area contributed by atoms with E-state index in [0.717, 1.165) is 76.2 Å². The number of ketones is 1. The van der Waals surface area contributed by atoms with E-state index in [1.807, 2.05) is 35.2 Å². The molecular weight excluding hydrogens is 943 g/mol. The molecule has 1 fully saturated rings. The average molecular weight is 1010 g/mol.